The second-order valence-electron chi connectivity index (χ2n) is 6.94. The van der Waals surface area contributed by atoms with Crippen molar-refractivity contribution in [3.63, 3.8) is 0 Å². The van der Waals surface area contributed by atoms with Gasteiger partial charge < -0.3 is 19.3 Å². The maximum Gasteiger partial charge on any atom is 0.280 e. The van der Waals surface area contributed by atoms with E-state index in [-0.39, 0.29) is 24.0 Å². The van der Waals surface area contributed by atoms with Gasteiger partial charge in [0, 0.05) is 20.1 Å². The number of hydrogen-bond acceptors (Lipinski definition) is 4. The molecule has 0 spiro atoms. The molecule has 24 heavy (non-hydrogen) atoms. The second kappa shape index (κ2) is 5.77. The Morgan fingerprint density at radius 3 is 2.50 bits per heavy atom. The van der Waals surface area contributed by atoms with E-state index >= 15 is 0 Å². The van der Waals surface area contributed by atoms with Crippen LogP contribution in [0.25, 0.3) is 0 Å². The summed E-state index contributed by atoms with van der Waals surface area (Å²) in [6.07, 6.45) is -0.125. The van der Waals surface area contributed by atoms with E-state index in [0.29, 0.717) is 24.5 Å². The highest BCUT2D eigenvalue weighted by atomic mass is 16.5. The van der Waals surface area contributed by atoms with Crippen molar-refractivity contribution >= 4 is 17.5 Å². The first-order valence-electron chi connectivity index (χ1n) is 8.25. The van der Waals surface area contributed by atoms with Crippen molar-refractivity contribution < 1.29 is 19.1 Å². The number of aryl methyl sites for hydroxylation is 1. The third kappa shape index (κ3) is 2.65. The molecule has 3 rings (SSSR count). The molecule has 1 fully saturated rings. The zero-order chi connectivity index (χ0) is 17.6. The van der Waals surface area contributed by atoms with Gasteiger partial charge in [-0.15, -0.1) is 0 Å². The third-order valence-corrected chi connectivity index (χ3v) is 4.62. The van der Waals surface area contributed by atoms with Crippen LogP contribution in [0.1, 0.15) is 26.3 Å². The maximum absolute atomic E-state index is 13.1. The van der Waals surface area contributed by atoms with E-state index in [0.717, 1.165) is 5.56 Å². The summed E-state index contributed by atoms with van der Waals surface area (Å²) in [6, 6.07) is 5.60. The van der Waals surface area contributed by atoms with Gasteiger partial charge in [-0.25, -0.2) is 0 Å². The molecule has 2 amide bonds. The quantitative estimate of drug-likeness (QED) is 0.735. The molecule has 0 aliphatic carbocycles. The van der Waals surface area contributed by atoms with Crippen molar-refractivity contribution in [2.24, 2.45) is 0 Å². The van der Waals surface area contributed by atoms with Crippen LogP contribution in [0, 0.1) is 6.92 Å². The fourth-order valence-corrected chi connectivity index (χ4v) is 3.45. The topological polar surface area (TPSA) is 59.1 Å². The Balaban J connectivity index is 1.93. The van der Waals surface area contributed by atoms with Gasteiger partial charge in [0.15, 0.2) is 0 Å². The molecule has 0 N–H and O–H groups in total. The zero-order valence-corrected chi connectivity index (χ0v) is 14.8. The van der Waals surface area contributed by atoms with Crippen LogP contribution < -0.4 is 9.64 Å². The van der Waals surface area contributed by atoms with Crippen molar-refractivity contribution in [2.45, 2.75) is 45.5 Å². The monoisotopic (exact) mass is 332 g/mol. The first-order valence-corrected chi connectivity index (χ1v) is 8.25. The number of morpholine rings is 1. The number of ether oxygens (including phenoxy) is 2. The van der Waals surface area contributed by atoms with Crippen LogP contribution in [0.4, 0.5) is 5.69 Å². The average Bonchev–Trinajstić information content (AvgIpc) is 2.52. The van der Waals surface area contributed by atoms with E-state index in [2.05, 4.69) is 0 Å². The Labute approximate surface area is 142 Å². The smallest absolute Gasteiger partial charge is 0.280 e. The molecule has 1 aromatic carbocycles. The first-order chi connectivity index (χ1) is 11.2. The number of rotatable bonds is 1. The molecule has 6 nitrogen and oxygen atoms in total. The Hall–Kier alpha value is -2.08. The van der Waals surface area contributed by atoms with Gasteiger partial charge >= 0.3 is 0 Å². The fourth-order valence-electron chi connectivity index (χ4n) is 3.45. The van der Waals surface area contributed by atoms with E-state index in [1.807, 2.05) is 39.0 Å². The summed E-state index contributed by atoms with van der Waals surface area (Å²) < 4.78 is 11.6. The molecule has 0 radical (unpaired) electrons. The molecular weight excluding hydrogens is 308 g/mol. The van der Waals surface area contributed by atoms with Crippen LogP contribution >= 0.6 is 0 Å². The molecule has 1 saturated heterocycles. The maximum atomic E-state index is 13.1. The molecule has 130 valence electrons. The standard InChI is InChI=1S/C18H24N2O4/c1-11-6-7-15-14(8-11)19(5)16(21)18(4,24-15)17(22)20-9-12(2)23-13(3)10-20/h6-8,12-13H,9-10H2,1-5H3. The molecule has 3 unspecified atom stereocenters. The number of likely N-dealkylation sites (N-methyl/N-ethyl adjacent to an activating group) is 1. The SMILES string of the molecule is Cc1ccc2c(c1)N(C)C(=O)C(C)(C(=O)N1CC(C)OC(C)C1)O2. The minimum atomic E-state index is -1.55. The highest BCUT2D eigenvalue weighted by Crippen LogP contribution is 2.38. The van der Waals surface area contributed by atoms with E-state index < -0.39 is 5.60 Å². The van der Waals surface area contributed by atoms with Crippen LogP contribution in [0.15, 0.2) is 18.2 Å². The summed E-state index contributed by atoms with van der Waals surface area (Å²) in [5, 5.41) is 0. The lowest BCUT2D eigenvalue weighted by Gasteiger charge is -2.43. The van der Waals surface area contributed by atoms with Gasteiger partial charge in [-0.1, -0.05) is 6.07 Å². The van der Waals surface area contributed by atoms with Crippen LogP contribution in [0.3, 0.4) is 0 Å². The van der Waals surface area contributed by atoms with Gasteiger partial charge in [0.25, 0.3) is 17.4 Å². The van der Waals surface area contributed by atoms with Gasteiger partial charge in [-0.05, 0) is 45.4 Å². The van der Waals surface area contributed by atoms with E-state index in [1.165, 1.54) is 4.90 Å². The third-order valence-electron chi connectivity index (χ3n) is 4.62. The summed E-state index contributed by atoms with van der Waals surface area (Å²) in [5.74, 6) is -0.113. The largest absolute Gasteiger partial charge is 0.465 e. The van der Waals surface area contributed by atoms with Crippen LogP contribution in [0.2, 0.25) is 0 Å². The molecule has 2 aliphatic heterocycles. The summed E-state index contributed by atoms with van der Waals surface area (Å²) >= 11 is 0. The first kappa shape index (κ1) is 16.8. The molecule has 2 aliphatic rings. The number of nitrogens with zero attached hydrogens (tertiary/aromatic N) is 2. The van der Waals surface area contributed by atoms with Gasteiger partial charge in [0.1, 0.15) is 5.75 Å². The Kier molecular flexibility index (Phi) is 4.03. The molecule has 0 aromatic heterocycles. The van der Waals surface area contributed by atoms with Crippen molar-refractivity contribution in [3.8, 4) is 5.75 Å². The van der Waals surface area contributed by atoms with Gasteiger partial charge in [-0.2, -0.15) is 0 Å². The average molecular weight is 332 g/mol. The van der Waals surface area contributed by atoms with Crippen LogP contribution in [-0.2, 0) is 14.3 Å². The second-order valence-corrected chi connectivity index (χ2v) is 6.94. The molecule has 0 saturated carbocycles. The van der Waals surface area contributed by atoms with E-state index in [9.17, 15) is 9.59 Å². The van der Waals surface area contributed by atoms with Crippen LogP contribution in [-0.4, -0.2) is 54.7 Å². The highest BCUT2D eigenvalue weighted by Gasteiger charge is 2.52. The lowest BCUT2D eigenvalue weighted by atomic mass is 9.98. The van der Waals surface area contributed by atoms with Gasteiger partial charge in [0.05, 0.1) is 17.9 Å². The lowest BCUT2D eigenvalue weighted by molar-refractivity contribution is -0.164. The van der Waals surface area contributed by atoms with Crippen molar-refractivity contribution in [1.29, 1.82) is 0 Å². The molecule has 2 heterocycles. The predicted octanol–water partition coefficient (Wildman–Crippen LogP) is 1.74. The highest BCUT2D eigenvalue weighted by molar-refractivity contribution is 6.16. The van der Waals surface area contributed by atoms with E-state index in [4.69, 9.17) is 9.47 Å². The predicted molar refractivity (Wildman–Crippen MR) is 90.2 cm³/mol. The van der Waals surface area contributed by atoms with Crippen LogP contribution in [0.5, 0.6) is 5.75 Å². The molecule has 3 atom stereocenters. The van der Waals surface area contributed by atoms with Crippen molar-refractivity contribution in [1.82, 2.24) is 4.90 Å². The van der Waals surface area contributed by atoms with E-state index in [1.54, 1.807) is 18.9 Å². The molecular formula is C18H24N2O4. The normalized spacial score (nSPS) is 30.0. The number of hydrogen-bond donors (Lipinski definition) is 0. The van der Waals surface area contributed by atoms with Gasteiger partial charge in [-0.3, -0.25) is 9.59 Å². The Bertz CT molecular complexity index is 680. The lowest BCUT2D eigenvalue weighted by Crippen LogP contribution is -2.64. The number of carbonyl (C=O) groups excluding carboxylic acids is 2. The fraction of sp³-hybridized carbons (Fsp3) is 0.556. The summed E-state index contributed by atoms with van der Waals surface area (Å²) in [6.45, 7) is 8.27. The number of carbonyl (C=O) groups is 2. The summed E-state index contributed by atoms with van der Waals surface area (Å²) in [5.41, 5.74) is 0.171. The molecule has 6 heteroatoms. The van der Waals surface area contributed by atoms with Crippen molar-refractivity contribution in [3.05, 3.63) is 23.8 Å². The van der Waals surface area contributed by atoms with Crippen molar-refractivity contribution in [2.75, 3.05) is 25.0 Å². The summed E-state index contributed by atoms with van der Waals surface area (Å²) in [4.78, 5) is 29.2. The number of anilines is 1. The number of amides is 2. The minimum Gasteiger partial charge on any atom is -0.465 e. The summed E-state index contributed by atoms with van der Waals surface area (Å²) in [7, 11) is 1.68. The zero-order valence-electron chi connectivity index (χ0n) is 14.8. The Morgan fingerprint density at radius 2 is 1.88 bits per heavy atom. The Morgan fingerprint density at radius 1 is 1.25 bits per heavy atom. The number of benzene rings is 1. The molecule has 0 bridgehead atoms. The number of fused-ring (bicyclic) bond motifs is 1. The minimum absolute atomic E-state index is 0.0624. The molecule has 1 aromatic rings. The van der Waals surface area contributed by atoms with Gasteiger partial charge in [0.2, 0.25) is 0 Å².